The number of alkyl halides is 2. The van der Waals surface area contributed by atoms with Crippen molar-refractivity contribution in [3.05, 3.63) is 61.4 Å². The molecule has 0 spiro atoms. The number of primary amides is 1. The van der Waals surface area contributed by atoms with Gasteiger partial charge in [-0.25, -0.2) is 0 Å². The molecular formula is C20H19BrF2NO5PS. The van der Waals surface area contributed by atoms with Gasteiger partial charge < -0.3 is 20.3 Å². The van der Waals surface area contributed by atoms with Gasteiger partial charge in [-0.1, -0.05) is 17.7 Å². The van der Waals surface area contributed by atoms with E-state index in [-0.39, 0.29) is 32.5 Å². The molecule has 0 aliphatic rings. The Labute approximate surface area is 189 Å². The van der Waals surface area contributed by atoms with Gasteiger partial charge in [0.25, 0.3) is 0 Å². The molecule has 166 valence electrons. The van der Waals surface area contributed by atoms with Crippen molar-refractivity contribution in [2.24, 2.45) is 5.73 Å². The van der Waals surface area contributed by atoms with E-state index in [4.69, 9.17) is 20.3 Å². The highest BCUT2D eigenvalue weighted by Gasteiger charge is 2.53. The lowest BCUT2D eigenvalue weighted by atomic mass is 10.0. The SMILES string of the molecule is Cc1cc(C)c(COc2cc(C(N)=O)cc3c(Br)c(C(F)(F)P(=O)(O)O)sc23)c(C)c1. The lowest BCUT2D eigenvalue weighted by Crippen LogP contribution is -2.12. The molecule has 1 heterocycles. The zero-order valence-electron chi connectivity index (χ0n) is 16.7. The van der Waals surface area contributed by atoms with Gasteiger partial charge in [0.1, 0.15) is 17.2 Å². The Morgan fingerprint density at radius 1 is 1.19 bits per heavy atom. The van der Waals surface area contributed by atoms with Crippen LogP contribution in [0.5, 0.6) is 5.75 Å². The smallest absolute Gasteiger partial charge is 0.400 e. The zero-order chi connectivity index (χ0) is 23.3. The largest absolute Gasteiger partial charge is 0.487 e. The minimum absolute atomic E-state index is 0.0180. The van der Waals surface area contributed by atoms with Crippen LogP contribution >= 0.6 is 34.9 Å². The summed E-state index contributed by atoms with van der Waals surface area (Å²) in [5.41, 5.74) is 4.95. The first kappa shape index (κ1) is 23.8. The molecule has 1 aromatic heterocycles. The van der Waals surface area contributed by atoms with Gasteiger partial charge in [-0.3, -0.25) is 9.36 Å². The Bertz CT molecular complexity index is 1230. The molecule has 0 bridgehead atoms. The van der Waals surface area contributed by atoms with Gasteiger partial charge in [0, 0.05) is 15.4 Å². The van der Waals surface area contributed by atoms with Crippen molar-refractivity contribution in [1.82, 2.24) is 0 Å². The summed E-state index contributed by atoms with van der Waals surface area (Å²) in [6.45, 7) is 5.93. The molecule has 0 fully saturated rings. The van der Waals surface area contributed by atoms with Crippen molar-refractivity contribution in [3.8, 4) is 5.75 Å². The number of halogens is 3. The zero-order valence-corrected chi connectivity index (χ0v) is 20.0. The molecule has 11 heteroatoms. The molecule has 0 atom stereocenters. The second-order valence-electron chi connectivity index (χ2n) is 7.21. The van der Waals surface area contributed by atoms with E-state index < -0.39 is 24.0 Å². The van der Waals surface area contributed by atoms with Crippen molar-refractivity contribution in [2.75, 3.05) is 0 Å². The Morgan fingerprint density at radius 3 is 2.29 bits per heavy atom. The highest BCUT2D eigenvalue weighted by Crippen LogP contribution is 2.63. The van der Waals surface area contributed by atoms with Gasteiger partial charge in [0.15, 0.2) is 0 Å². The molecule has 0 saturated heterocycles. The minimum atomic E-state index is -5.79. The maximum absolute atomic E-state index is 14.4. The van der Waals surface area contributed by atoms with E-state index in [2.05, 4.69) is 15.9 Å². The summed E-state index contributed by atoms with van der Waals surface area (Å²) in [5.74, 6) is -0.681. The van der Waals surface area contributed by atoms with Gasteiger partial charge in [0.2, 0.25) is 5.91 Å². The number of nitrogens with two attached hydrogens (primary N) is 1. The summed E-state index contributed by atoms with van der Waals surface area (Å²) in [4.78, 5) is 29.2. The predicted molar refractivity (Wildman–Crippen MR) is 119 cm³/mol. The van der Waals surface area contributed by atoms with Crippen molar-refractivity contribution >= 4 is 50.9 Å². The van der Waals surface area contributed by atoms with Gasteiger partial charge in [-0.15, -0.1) is 11.3 Å². The van der Waals surface area contributed by atoms with E-state index in [0.717, 1.165) is 22.3 Å². The number of hydrogen-bond donors (Lipinski definition) is 3. The minimum Gasteiger partial charge on any atom is -0.487 e. The van der Waals surface area contributed by atoms with E-state index in [1.807, 2.05) is 32.9 Å². The van der Waals surface area contributed by atoms with Crippen LogP contribution in [0.2, 0.25) is 0 Å². The third kappa shape index (κ3) is 4.40. The molecule has 4 N–H and O–H groups in total. The summed E-state index contributed by atoms with van der Waals surface area (Å²) in [7, 11) is -5.79. The second kappa shape index (κ2) is 8.26. The molecule has 1 amide bonds. The van der Waals surface area contributed by atoms with Crippen molar-refractivity contribution < 1.29 is 32.7 Å². The Kier molecular flexibility index (Phi) is 6.34. The second-order valence-corrected chi connectivity index (χ2v) is 10.7. The molecule has 0 radical (unpaired) electrons. The maximum Gasteiger partial charge on any atom is 0.400 e. The normalized spacial score (nSPS) is 12.4. The first-order valence-electron chi connectivity index (χ1n) is 8.93. The average molecular weight is 534 g/mol. The van der Waals surface area contributed by atoms with Crippen LogP contribution in [0.25, 0.3) is 10.1 Å². The predicted octanol–water partition coefficient (Wildman–Crippen LogP) is 5.49. The number of carbonyl (C=O) groups is 1. The maximum atomic E-state index is 14.4. The van der Waals surface area contributed by atoms with Gasteiger partial charge in [-0.2, -0.15) is 8.78 Å². The quantitative estimate of drug-likeness (QED) is 0.362. The average Bonchev–Trinajstić information content (AvgIpc) is 2.97. The van der Waals surface area contributed by atoms with Crippen molar-refractivity contribution in [2.45, 2.75) is 33.0 Å². The number of benzene rings is 2. The molecule has 3 aromatic rings. The number of thiophene rings is 1. The van der Waals surface area contributed by atoms with Crippen LogP contribution in [0.1, 0.15) is 37.5 Å². The Hall–Kier alpha value is -1.84. The van der Waals surface area contributed by atoms with Crippen molar-refractivity contribution in [1.29, 1.82) is 0 Å². The lowest BCUT2D eigenvalue weighted by Gasteiger charge is -2.16. The molecule has 0 aliphatic heterocycles. The van der Waals surface area contributed by atoms with Crippen LogP contribution in [-0.4, -0.2) is 15.7 Å². The number of fused-ring (bicyclic) bond motifs is 1. The van der Waals surface area contributed by atoms with E-state index in [0.29, 0.717) is 11.3 Å². The summed E-state index contributed by atoms with van der Waals surface area (Å²) in [6.07, 6.45) is 0. The molecule has 3 rings (SSSR count). The topological polar surface area (TPSA) is 110 Å². The van der Waals surface area contributed by atoms with E-state index in [1.54, 1.807) is 0 Å². The number of carbonyl (C=O) groups excluding carboxylic acids is 1. The molecule has 6 nitrogen and oxygen atoms in total. The molecular weight excluding hydrogens is 515 g/mol. The number of rotatable bonds is 6. The Balaban J connectivity index is 2.16. The number of amides is 1. The Morgan fingerprint density at radius 2 is 1.77 bits per heavy atom. The molecule has 2 aromatic carbocycles. The summed E-state index contributed by atoms with van der Waals surface area (Å²) >= 11 is 3.49. The highest BCUT2D eigenvalue weighted by molar-refractivity contribution is 9.10. The van der Waals surface area contributed by atoms with E-state index in [9.17, 15) is 18.1 Å². The van der Waals surface area contributed by atoms with E-state index >= 15 is 0 Å². The third-order valence-electron chi connectivity index (χ3n) is 4.83. The van der Waals surface area contributed by atoms with Crippen LogP contribution in [0.4, 0.5) is 8.78 Å². The van der Waals surface area contributed by atoms with Crippen molar-refractivity contribution in [3.63, 3.8) is 0 Å². The summed E-state index contributed by atoms with van der Waals surface area (Å²) in [6, 6.07) is 6.60. The van der Waals surface area contributed by atoms with Crippen LogP contribution in [0.15, 0.2) is 28.7 Å². The van der Waals surface area contributed by atoms with Gasteiger partial charge >= 0.3 is 13.3 Å². The van der Waals surface area contributed by atoms with Crippen LogP contribution in [-0.2, 0) is 16.8 Å². The monoisotopic (exact) mass is 533 g/mol. The molecule has 0 aliphatic carbocycles. The van der Waals surface area contributed by atoms with Crippen LogP contribution < -0.4 is 10.5 Å². The standard InChI is InChI=1S/C20H19BrF2NO5PS/c1-9-4-10(2)14(11(3)5-9)8-29-15-7-12(19(24)25)6-13-16(21)18(31-17(13)15)20(22,23)30(26,27)28/h4-7H,8H2,1-3H3,(H2,24,25)(H2,26,27,28). The van der Waals surface area contributed by atoms with Crippen LogP contribution in [0.3, 0.4) is 0 Å². The summed E-state index contributed by atoms with van der Waals surface area (Å²) < 4.78 is 46.1. The van der Waals surface area contributed by atoms with Gasteiger partial charge in [-0.05, 0) is 65.5 Å². The first-order valence-corrected chi connectivity index (χ1v) is 12.2. The third-order valence-corrected chi connectivity index (χ3v) is 8.31. The highest BCUT2D eigenvalue weighted by atomic mass is 79.9. The summed E-state index contributed by atoms with van der Waals surface area (Å²) in [5, 5.41) is 0.150. The lowest BCUT2D eigenvalue weighted by molar-refractivity contribution is 0.0595. The fourth-order valence-electron chi connectivity index (χ4n) is 3.30. The number of hydrogen-bond acceptors (Lipinski definition) is 4. The molecule has 31 heavy (non-hydrogen) atoms. The van der Waals surface area contributed by atoms with E-state index in [1.165, 1.54) is 12.1 Å². The fourth-order valence-corrected chi connectivity index (χ4v) is 6.28. The first-order chi connectivity index (χ1) is 14.2. The number of aryl methyl sites for hydroxylation is 3. The molecule has 0 unspecified atom stereocenters. The fraction of sp³-hybridized carbons (Fsp3) is 0.250. The van der Waals surface area contributed by atoms with Gasteiger partial charge in [0.05, 0.1) is 4.70 Å². The number of ether oxygens (including phenoxy) is 1. The van der Waals surface area contributed by atoms with Crippen LogP contribution in [0, 0.1) is 20.8 Å². The molecule has 0 saturated carbocycles.